The lowest BCUT2D eigenvalue weighted by atomic mass is 9.95. The number of hydrogen-bond donors (Lipinski definition) is 2. The first-order chi connectivity index (χ1) is 15.3. The van der Waals surface area contributed by atoms with Crippen molar-refractivity contribution in [2.24, 2.45) is 5.14 Å². The minimum Gasteiger partial charge on any atom is -0.440 e. The number of piperidine rings is 1. The van der Waals surface area contributed by atoms with Crippen LogP contribution >= 0.6 is 0 Å². The molecule has 1 aliphatic rings. The minimum atomic E-state index is -3.69. The summed E-state index contributed by atoms with van der Waals surface area (Å²) in [5, 5.41) is 8.09. The number of primary sulfonamides is 1. The molecule has 2 aromatic carbocycles. The van der Waals surface area contributed by atoms with E-state index in [0.29, 0.717) is 13.0 Å². The van der Waals surface area contributed by atoms with Crippen molar-refractivity contribution in [1.82, 2.24) is 15.2 Å². The molecule has 1 aromatic heterocycles. The zero-order chi connectivity index (χ0) is 22.7. The summed E-state index contributed by atoms with van der Waals surface area (Å²) in [6, 6.07) is 14.0. The first-order valence-electron chi connectivity index (χ1n) is 10.8. The van der Waals surface area contributed by atoms with Gasteiger partial charge in [-0.2, -0.15) is 0 Å². The van der Waals surface area contributed by atoms with Gasteiger partial charge < -0.3 is 9.73 Å². The van der Waals surface area contributed by atoms with Crippen molar-refractivity contribution >= 4 is 27.0 Å². The Kier molecular flexibility index (Phi) is 6.59. The second-order valence-corrected chi connectivity index (χ2v) is 9.80. The summed E-state index contributed by atoms with van der Waals surface area (Å²) in [7, 11) is -3.69. The number of nitrogens with zero attached hydrogens (tertiary/aromatic N) is 2. The Labute approximate surface area is 187 Å². The maximum atomic E-state index is 12.6. The Hall–Kier alpha value is -2.75. The molecule has 0 bridgehead atoms. The van der Waals surface area contributed by atoms with Crippen LogP contribution in [0.25, 0.3) is 11.1 Å². The topological polar surface area (TPSA) is 119 Å². The number of oxazole rings is 1. The number of nitrogens with one attached hydrogen (secondary N) is 1. The molecule has 1 amide bonds. The van der Waals surface area contributed by atoms with E-state index in [9.17, 15) is 13.2 Å². The Morgan fingerprint density at radius 1 is 1.19 bits per heavy atom. The van der Waals surface area contributed by atoms with Gasteiger partial charge in [0.2, 0.25) is 15.9 Å². The van der Waals surface area contributed by atoms with Crippen LogP contribution in [0.1, 0.15) is 37.1 Å². The summed E-state index contributed by atoms with van der Waals surface area (Å²) >= 11 is 0. The number of carbonyl (C=O) groups is 1. The third kappa shape index (κ3) is 5.17. The molecular formula is C23H28N4O4S. The molecule has 0 saturated carbocycles. The quantitative estimate of drug-likeness (QED) is 0.564. The van der Waals surface area contributed by atoms with Gasteiger partial charge in [-0.3, -0.25) is 9.69 Å². The number of nitrogens with two attached hydrogens (primary N) is 1. The number of aromatic nitrogens is 1. The molecule has 0 radical (unpaired) electrons. The SMILES string of the molecule is CC(C(=O)NCCc1ccc(S(N)(=O)=O)cc1)N1CCC(c2nc3ccccc3o2)CC1. The molecule has 0 aliphatic carbocycles. The lowest BCUT2D eigenvalue weighted by Gasteiger charge is -2.34. The summed E-state index contributed by atoms with van der Waals surface area (Å²) in [6.07, 6.45) is 2.42. The van der Waals surface area contributed by atoms with Gasteiger partial charge in [-0.05, 0) is 69.1 Å². The predicted octanol–water partition coefficient (Wildman–Crippen LogP) is 2.40. The van der Waals surface area contributed by atoms with Gasteiger partial charge in [0.15, 0.2) is 11.5 Å². The van der Waals surface area contributed by atoms with Gasteiger partial charge in [0.1, 0.15) is 5.52 Å². The van der Waals surface area contributed by atoms with E-state index in [-0.39, 0.29) is 22.8 Å². The van der Waals surface area contributed by atoms with E-state index in [1.807, 2.05) is 31.2 Å². The molecule has 1 saturated heterocycles. The number of hydrogen-bond acceptors (Lipinski definition) is 6. The van der Waals surface area contributed by atoms with E-state index in [1.165, 1.54) is 12.1 Å². The van der Waals surface area contributed by atoms with E-state index in [1.54, 1.807) is 12.1 Å². The molecule has 9 heteroatoms. The van der Waals surface area contributed by atoms with Crippen LogP contribution in [0.15, 0.2) is 57.8 Å². The highest BCUT2D eigenvalue weighted by Gasteiger charge is 2.29. The normalized spacial score (nSPS) is 16.8. The molecule has 0 spiro atoms. The van der Waals surface area contributed by atoms with Crippen molar-refractivity contribution in [1.29, 1.82) is 0 Å². The highest BCUT2D eigenvalue weighted by atomic mass is 32.2. The number of fused-ring (bicyclic) bond motifs is 1. The van der Waals surface area contributed by atoms with Crippen molar-refractivity contribution in [2.45, 2.75) is 43.0 Å². The highest BCUT2D eigenvalue weighted by Crippen LogP contribution is 2.30. The standard InChI is InChI=1S/C23H28N4O4S/c1-16(22(28)25-13-10-17-6-8-19(9-7-17)32(24,29)30)27-14-11-18(12-15-27)23-26-20-4-2-3-5-21(20)31-23/h2-9,16,18H,10-15H2,1H3,(H,25,28)(H2,24,29,30). The second kappa shape index (κ2) is 9.40. The fraction of sp³-hybridized carbons (Fsp3) is 0.391. The van der Waals surface area contributed by atoms with E-state index in [4.69, 9.17) is 9.56 Å². The number of amides is 1. The van der Waals surface area contributed by atoms with Crippen molar-refractivity contribution in [3.63, 3.8) is 0 Å². The smallest absolute Gasteiger partial charge is 0.238 e. The molecule has 8 nitrogen and oxygen atoms in total. The summed E-state index contributed by atoms with van der Waals surface area (Å²) in [5.74, 6) is 1.05. The minimum absolute atomic E-state index is 0.00790. The molecule has 3 aromatic rings. The zero-order valence-corrected chi connectivity index (χ0v) is 18.8. The summed E-state index contributed by atoms with van der Waals surface area (Å²) in [4.78, 5) is 19.5. The number of carbonyl (C=O) groups excluding carboxylic acids is 1. The van der Waals surface area contributed by atoms with Crippen molar-refractivity contribution in [2.75, 3.05) is 19.6 Å². The molecule has 1 atom stereocenters. The van der Waals surface area contributed by atoms with Crippen LogP contribution in [0.5, 0.6) is 0 Å². The van der Waals surface area contributed by atoms with Gasteiger partial charge in [0, 0.05) is 12.5 Å². The van der Waals surface area contributed by atoms with Crippen LogP contribution in [0.3, 0.4) is 0 Å². The van der Waals surface area contributed by atoms with Crippen molar-refractivity contribution in [3.8, 4) is 0 Å². The molecule has 4 rings (SSSR count). The maximum Gasteiger partial charge on any atom is 0.238 e. The monoisotopic (exact) mass is 456 g/mol. The predicted molar refractivity (Wildman–Crippen MR) is 122 cm³/mol. The molecule has 1 aliphatic heterocycles. The lowest BCUT2D eigenvalue weighted by molar-refractivity contribution is -0.126. The summed E-state index contributed by atoms with van der Waals surface area (Å²) in [5.41, 5.74) is 2.64. The first kappa shape index (κ1) is 22.4. The van der Waals surface area contributed by atoms with Crippen LogP contribution in [-0.4, -0.2) is 49.9 Å². The Morgan fingerprint density at radius 2 is 1.88 bits per heavy atom. The number of sulfonamides is 1. The van der Waals surface area contributed by atoms with Crippen molar-refractivity contribution in [3.05, 3.63) is 60.0 Å². The largest absolute Gasteiger partial charge is 0.440 e. The number of benzene rings is 2. The van der Waals surface area contributed by atoms with Gasteiger partial charge in [-0.1, -0.05) is 24.3 Å². The van der Waals surface area contributed by atoms with E-state index < -0.39 is 10.0 Å². The third-order valence-corrected chi connectivity index (χ3v) is 7.01. The number of rotatable bonds is 7. The third-order valence-electron chi connectivity index (χ3n) is 6.08. The Bertz CT molecular complexity index is 1150. The molecule has 3 N–H and O–H groups in total. The van der Waals surface area contributed by atoms with Gasteiger partial charge in [0.25, 0.3) is 0 Å². The molecule has 170 valence electrons. The van der Waals surface area contributed by atoms with Crippen molar-refractivity contribution < 1.29 is 17.6 Å². The molecular weight excluding hydrogens is 428 g/mol. The van der Waals surface area contributed by atoms with Crippen LogP contribution in [0.4, 0.5) is 0 Å². The number of para-hydroxylation sites is 2. The van der Waals surface area contributed by atoms with Gasteiger partial charge >= 0.3 is 0 Å². The average molecular weight is 457 g/mol. The lowest BCUT2D eigenvalue weighted by Crippen LogP contribution is -2.48. The van der Waals surface area contributed by atoms with Crippen LogP contribution < -0.4 is 10.5 Å². The van der Waals surface area contributed by atoms with E-state index in [2.05, 4.69) is 15.2 Å². The maximum absolute atomic E-state index is 12.6. The molecule has 1 fully saturated rings. The first-order valence-corrected chi connectivity index (χ1v) is 12.3. The Balaban J connectivity index is 1.24. The highest BCUT2D eigenvalue weighted by molar-refractivity contribution is 7.89. The molecule has 32 heavy (non-hydrogen) atoms. The summed E-state index contributed by atoms with van der Waals surface area (Å²) < 4.78 is 28.6. The molecule has 2 heterocycles. The Morgan fingerprint density at radius 3 is 2.53 bits per heavy atom. The van der Waals surface area contributed by atoms with Gasteiger partial charge in [-0.15, -0.1) is 0 Å². The fourth-order valence-corrected chi connectivity index (χ4v) is 4.60. The van der Waals surface area contributed by atoms with E-state index in [0.717, 1.165) is 48.5 Å². The average Bonchev–Trinajstić information content (AvgIpc) is 3.23. The summed E-state index contributed by atoms with van der Waals surface area (Å²) in [6.45, 7) is 4.03. The van der Waals surface area contributed by atoms with E-state index >= 15 is 0 Å². The van der Waals surface area contributed by atoms with Crippen LogP contribution in [0.2, 0.25) is 0 Å². The van der Waals surface area contributed by atoms with Gasteiger partial charge in [-0.25, -0.2) is 18.5 Å². The van der Waals surface area contributed by atoms with Crippen LogP contribution in [-0.2, 0) is 21.2 Å². The zero-order valence-electron chi connectivity index (χ0n) is 18.0. The van der Waals surface area contributed by atoms with Crippen LogP contribution in [0, 0.1) is 0 Å². The van der Waals surface area contributed by atoms with Gasteiger partial charge in [0.05, 0.1) is 10.9 Å². The molecule has 1 unspecified atom stereocenters. The second-order valence-electron chi connectivity index (χ2n) is 8.24. The number of likely N-dealkylation sites (tertiary alicyclic amines) is 1. The fourth-order valence-electron chi connectivity index (χ4n) is 4.09.